The van der Waals surface area contributed by atoms with Crippen molar-refractivity contribution in [2.45, 2.75) is 33.2 Å². The second-order valence-corrected chi connectivity index (χ2v) is 9.53. The van der Waals surface area contributed by atoms with Crippen LogP contribution in [0.2, 0.25) is 0 Å². The molecule has 0 radical (unpaired) electrons. The van der Waals surface area contributed by atoms with E-state index in [0.717, 1.165) is 33.7 Å². The molecular formula is C28H28N4O2S. The largest absolute Gasteiger partial charge is 0.340 e. The molecule has 0 bridgehead atoms. The second-order valence-electron chi connectivity index (χ2n) is 8.55. The Hall–Kier alpha value is -3.84. The number of carbonyl (C=O) groups is 2. The predicted octanol–water partition coefficient (Wildman–Crippen LogP) is 5.96. The summed E-state index contributed by atoms with van der Waals surface area (Å²) in [7, 11) is 0. The van der Waals surface area contributed by atoms with E-state index in [4.69, 9.17) is 0 Å². The summed E-state index contributed by atoms with van der Waals surface area (Å²) >= 11 is 1.31. The van der Waals surface area contributed by atoms with Gasteiger partial charge in [0.15, 0.2) is 0 Å². The van der Waals surface area contributed by atoms with Crippen LogP contribution in [0.15, 0.2) is 78.9 Å². The third-order valence-electron chi connectivity index (χ3n) is 5.96. The zero-order valence-corrected chi connectivity index (χ0v) is 20.8. The van der Waals surface area contributed by atoms with Crippen LogP contribution >= 0.6 is 11.3 Å². The van der Waals surface area contributed by atoms with Crippen molar-refractivity contribution in [1.82, 2.24) is 15.5 Å². The van der Waals surface area contributed by atoms with E-state index in [-0.39, 0.29) is 17.7 Å². The Morgan fingerprint density at radius 2 is 1.57 bits per heavy atom. The lowest BCUT2D eigenvalue weighted by Crippen LogP contribution is -2.47. The number of benzene rings is 3. The Balaban J connectivity index is 1.45. The van der Waals surface area contributed by atoms with Crippen LogP contribution in [0, 0.1) is 12.8 Å². The number of nitrogens with one attached hydrogen (secondary N) is 2. The van der Waals surface area contributed by atoms with E-state index in [2.05, 4.69) is 20.8 Å². The molecule has 0 unspecified atom stereocenters. The van der Waals surface area contributed by atoms with Crippen LogP contribution in [-0.4, -0.2) is 28.1 Å². The van der Waals surface area contributed by atoms with Gasteiger partial charge in [0, 0.05) is 11.1 Å². The summed E-state index contributed by atoms with van der Waals surface area (Å²) < 4.78 is 0. The monoisotopic (exact) mass is 484 g/mol. The number of nitrogens with zero attached hydrogens (tertiary/aromatic N) is 2. The molecule has 0 saturated carbocycles. The lowest BCUT2D eigenvalue weighted by Gasteiger charge is -2.23. The molecule has 0 spiro atoms. The maximum absolute atomic E-state index is 13.1. The van der Waals surface area contributed by atoms with Crippen LogP contribution in [0.5, 0.6) is 0 Å². The number of hydrogen-bond acceptors (Lipinski definition) is 5. The first-order valence-corrected chi connectivity index (χ1v) is 12.4. The first-order valence-electron chi connectivity index (χ1n) is 11.6. The molecule has 2 N–H and O–H groups in total. The van der Waals surface area contributed by atoms with Crippen LogP contribution < -0.4 is 10.6 Å². The van der Waals surface area contributed by atoms with Crippen LogP contribution in [0.3, 0.4) is 0 Å². The molecule has 3 aromatic carbocycles. The molecule has 0 aliphatic heterocycles. The van der Waals surface area contributed by atoms with Gasteiger partial charge in [-0.2, -0.15) is 0 Å². The van der Waals surface area contributed by atoms with Gasteiger partial charge in [0.2, 0.25) is 11.0 Å². The highest BCUT2D eigenvalue weighted by Gasteiger charge is 2.27. The Kier molecular flexibility index (Phi) is 7.67. The maximum atomic E-state index is 13.1. The van der Waals surface area contributed by atoms with Gasteiger partial charge in [0.25, 0.3) is 5.91 Å². The van der Waals surface area contributed by atoms with Crippen molar-refractivity contribution >= 4 is 28.3 Å². The molecule has 4 aromatic rings. The highest BCUT2D eigenvalue weighted by molar-refractivity contribution is 7.18. The fraction of sp³-hybridized carbons (Fsp3) is 0.214. The highest BCUT2D eigenvalue weighted by Crippen LogP contribution is 2.27. The minimum absolute atomic E-state index is 0.0632. The minimum atomic E-state index is -0.701. The van der Waals surface area contributed by atoms with Crippen LogP contribution in [0.1, 0.15) is 36.2 Å². The maximum Gasteiger partial charge on any atom is 0.251 e. The van der Waals surface area contributed by atoms with Gasteiger partial charge in [0.05, 0.1) is 0 Å². The summed E-state index contributed by atoms with van der Waals surface area (Å²) in [6.45, 7) is 5.95. The van der Waals surface area contributed by atoms with E-state index in [9.17, 15) is 9.59 Å². The summed E-state index contributed by atoms with van der Waals surface area (Å²) in [5, 5.41) is 15.2. The molecule has 178 valence electrons. The zero-order valence-electron chi connectivity index (χ0n) is 20.0. The van der Waals surface area contributed by atoms with Gasteiger partial charge in [-0.1, -0.05) is 97.8 Å². The Morgan fingerprint density at radius 3 is 2.26 bits per heavy atom. The van der Waals surface area contributed by atoms with Crippen molar-refractivity contribution in [2.75, 3.05) is 5.32 Å². The summed E-state index contributed by atoms with van der Waals surface area (Å²) in [4.78, 5) is 26.1. The molecule has 35 heavy (non-hydrogen) atoms. The normalized spacial score (nSPS) is 12.5. The van der Waals surface area contributed by atoms with E-state index in [1.807, 2.05) is 87.5 Å². The number of hydrogen-bond donors (Lipinski definition) is 2. The smallest absolute Gasteiger partial charge is 0.251 e. The molecule has 2 amide bonds. The average Bonchev–Trinajstić information content (AvgIpc) is 3.35. The molecule has 0 saturated heterocycles. The molecule has 6 nitrogen and oxygen atoms in total. The van der Waals surface area contributed by atoms with Gasteiger partial charge in [-0.05, 0) is 42.2 Å². The van der Waals surface area contributed by atoms with Crippen molar-refractivity contribution in [3.63, 3.8) is 0 Å². The number of anilines is 1. The third-order valence-corrected chi connectivity index (χ3v) is 6.84. The number of aryl methyl sites for hydroxylation is 1. The van der Waals surface area contributed by atoms with E-state index >= 15 is 0 Å². The Morgan fingerprint density at radius 1 is 0.886 bits per heavy atom. The molecule has 0 aliphatic carbocycles. The standard InChI is InChI=1S/C28H28N4O2S/c1-4-19(3)24(26(34)30-28-32-31-27(35-28)23-12-8-9-18(2)17-23)29-25(33)22-15-13-21(14-16-22)20-10-6-5-7-11-20/h5-17,19,24H,4H2,1-3H3,(H,29,33)(H,30,32,34)/t19-,24+/m1/s1. The highest BCUT2D eigenvalue weighted by atomic mass is 32.1. The van der Waals surface area contributed by atoms with Crippen LogP contribution in [-0.2, 0) is 4.79 Å². The van der Waals surface area contributed by atoms with Crippen molar-refractivity contribution in [1.29, 1.82) is 0 Å². The summed E-state index contributed by atoms with van der Waals surface area (Å²) in [5.41, 5.74) is 4.69. The number of carbonyl (C=O) groups excluding carboxylic acids is 2. The van der Waals surface area contributed by atoms with Crippen LogP contribution in [0.25, 0.3) is 21.7 Å². The van der Waals surface area contributed by atoms with Gasteiger partial charge in [0.1, 0.15) is 11.0 Å². The van der Waals surface area contributed by atoms with E-state index in [1.165, 1.54) is 11.3 Å². The molecule has 0 aliphatic rings. The molecule has 0 fully saturated rings. The van der Waals surface area contributed by atoms with Crippen molar-refractivity contribution in [3.05, 3.63) is 90.0 Å². The fourth-order valence-electron chi connectivity index (χ4n) is 3.72. The van der Waals surface area contributed by atoms with Gasteiger partial charge >= 0.3 is 0 Å². The second kappa shape index (κ2) is 11.1. The van der Waals surface area contributed by atoms with Gasteiger partial charge in [-0.25, -0.2) is 0 Å². The van der Waals surface area contributed by atoms with Crippen LogP contribution in [0.4, 0.5) is 5.13 Å². The molecule has 2 atom stereocenters. The SMILES string of the molecule is CC[C@@H](C)[C@H](NC(=O)c1ccc(-c2ccccc2)cc1)C(=O)Nc1nnc(-c2cccc(C)c2)s1. The van der Waals surface area contributed by atoms with Crippen molar-refractivity contribution < 1.29 is 9.59 Å². The lowest BCUT2D eigenvalue weighted by atomic mass is 9.97. The first kappa shape index (κ1) is 24.3. The van der Waals surface area contributed by atoms with Crippen molar-refractivity contribution in [2.24, 2.45) is 5.92 Å². The molecule has 4 rings (SSSR count). The third kappa shape index (κ3) is 6.00. The van der Waals surface area contributed by atoms with Gasteiger partial charge in [-0.15, -0.1) is 10.2 Å². The van der Waals surface area contributed by atoms with E-state index in [1.54, 1.807) is 12.1 Å². The summed E-state index contributed by atoms with van der Waals surface area (Å²) in [5.74, 6) is -0.657. The number of aromatic nitrogens is 2. The summed E-state index contributed by atoms with van der Waals surface area (Å²) in [6.07, 6.45) is 0.732. The minimum Gasteiger partial charge on any atom is -0.340 e. The average molecular weight is 485 g/mol. The van der Waals surface area contributed by atoms with Gasteiger partial charge in [-0.3, -0.25) is 14.9 Å². The first-order chi connectivity index (χ1) is 16.9. The zero-order chi connectivity index (χ0) is 24.8. The van der Waals surface area contributed by atoms with Crippen molar-refractivity contribution in [3.8, 4) is 21.7 Å². The van der Waals surface area contributed by atoms with E-state index < -0.39 is 6.04 Å². The lowest BCUT2D eigenvalue weighted by molar-refractivity contribution is -0.119. The van der Waals surface area contributed by atoms with Gasteiger partial charge < -0.3 is 5.32 Å². The fourth-order valence-corrected chi connectivity index (χ4v) is 4.47. The van der Waals surface area contributed by atoms with E-state index in [0.29, 0.717) is 10.7 Å². The molecular weight excluding hydrogens is 456 g/mol. The number of amides is 2. The molecule has 1 aromatic heterocycles. The summed E-state index contributed by atoms with van der Waals surface area (Å²) in [6, 6.07) is 24.6. The molecule has 1 heterocycles. The topological polar surface area (TPSA) is 84.0 Å². The predicted molar refractivity (Wildman–Crippen MR) is 141 cm³/mol. The Labute approximate surface area is 209 Å². The Bertz CT molecular complexity index is 1300. The number of rotatable bonds is 8. The quantitative estimate of drug-likeness (QED) is 0.323. The molecule has 7 heteroatoms.